The van der Waals surface area contributed by atoms with Gasteiger partial charge in [-0.05, 0) is 43.0 Å². The van der Waals surface area contributed by atoms with E-state index in [1.165, 1.54) is 10.4 Å². The number of pyridine rings is 1. The fourth-order valence-corrected chi connectivity index (χ4v) is 3.41. The predicted octanol–water partition coefficient (Wildman–Crippen LogP) is 3.31. The molecule has 0 saturated carbocycles. The molecule has 0 spiro atoms. The van der Waals surface area contributed by atoms with Crippen LogP contribution in [0.15, 0.2) is 41.2 Å². The maximum absolute atomic E-state index is 12.5. The first-order valence-corrected chi connectivity index (χ1v) is 7.32. The molecule has 0 bridgehead atoms. The van der Waals surface area contributed by atoms with Crippen LogP contribution in [0.4, 0.5) is 5.82 Å². The van der Waals surface area contributed by atoms with Crippen LogP contribution in [0, 0.1) is 13.8 Å². The number of thiophene rings is 1. The standard InChI is InChI=1S/C16H16N2OS/c1-10-7-13(20-11(10)2)9-18-15(17)8-12-5-3-4-6-14(12)16(18)19/h3-8H,9,17H2,1-2H3. The third kappa shape index (κ3) is 2.12. The molecule has 0 radical (unpaired) electrons. The summed E-state index contributed by atoms with van der Waals surface area (Å²) < 4.78 is 1.65. The SMILES string of the molecule is Cc1cc(Cn2c(N)cc3ccccc3c2=O)sc1C. The summed E-state index contributed by atoms with van der Waals surface area (Å²) in [6.45, 7) is 4.72. The molecule has 4 heteroatoms. The van der Waals surface area contributed by atoms with Crippen LogP contribution in [-0.2, 0) is 6.54 Å². The first-order valence-electron chi connectivity index (χ1n) is 6.50. The van der Waals surface area contributed by atoms with Crippen molar-refractivity contribution in [1.82, 2.24) is 4.57 Å². The number of rotatable bonds is 2. The highest BCUT2D eigenvalue weighted by Crippen LogP contribution is 2.22. The Balaban J connectivity index is 2.14. The number of hydrogen-bond acceptors (Lipinski definition) is 3. The summed E-state index contributed by atoms with van der Waals surface area (Å²) in [5.41, 5.74) is 7.29. The molecular formula is C16H16N2OS. The molecule has 0 aliphatic heterocycles. The molecule has 3 rings (SSSR count). The third-order valence-corrected chi connectivity index (χ3v) is 4.72. The minimum Gasteiger partial charge on any atom is -0.385 e. The van der Waals surface area contributed by atoms with E-state index in [4.69, 9.17) is 5.73 Å². The van der Waals surface area contributed by atoms with Gasteiger partial charge in [-0.2, -0.15) is 0 Å². The zero-order valence-corrected chi connectivity index (χ0v) is 12.3. The van der Waals surface area contributed by atoms with Crippen molar-refractivity contribution in [3.63, 3.8) is 0 Å². The molecule has 0 fully saturated rings. The van der Waals surface area contributed by atoms with Crippen LogP contribution in [-0.4, -0.2) is 4.57 Å². The van der Waals surface area contributed by atoms with Crippen LogP contribution in [0.2, 0.25) is 0 Å². The van der Waals surface area contributed by atoms with Gasteiger partial charge in [-0.3, -0.25) is 9.36 Å². The van der Waals surface area contributed by atoms with E-state index in [-0.39, 0.29) is 5.56 Å². The van der Waals surface area contributed by atoms with Crippen molar-refractivity contribution >= 4 is 27.9 Å². The van der Waals surface area contributed by atoms with Gasteiger partial charge in [0.15, 0.2) is 0 Å². The molecule has 20 heavy (non-hydrogen) atoms. The molecule has 0 atom stereocenters. The molecule has 3 nitrogen and oxygen atoms in total. The molecule has 102 valence electrons. The molecule has 0 amide bonds. The summed E-state index contributed by atoms with van der Waals surface area (Å²) in [4.78, 5) is 15.0. The highest BCUT2D eigenvalue weighted by molar-refractivity contribution is 7.12. The zero-order chi connectivity index (χ0) is 14.3. The molecule has 0 saturated heterocycles. The smallest absolute Gasteiger partial charge is 0.260 e. The van der Waals surface area contributed by atoms with Gasteiger partial charge in [-0.1, -0.05) is 18.2 Å². The van der Waals surface area contributed by atoms with Crippen LogP contribution in [0.3, 0.4) is 0 Å². The van der Waals surface area contributed by atoms with Gasteiger partial charge in [0.1, 0.15) is 5.82 Å². The summed E-state index contributed by atoms with van der Waals surface area (Å²) in [6.07, 6.45) is 0. The zero-order valence-electron chi connectivity index (χ0n) is 11.5. The molecule has 2 heterocycles. The van der Waals surface area contributed by atoms with E-state index < -0.39 is 0 Å². The van der Waals surface area contributed by atoms with E-state index in [0.29, 0.717) is 17.7 Å². The lowest BCUT2D eigenvalue weighted by Crippen LogP contribution is -2.23. The molecule has 0 aliphatic rings. The topological polar surface area (TPSA) is 48.0 Å². The third-order valence-electron chi connectivity index (χ3n) is 3.58. The Bertz CT molecular complexity index is 826. The number of hydrogen-bond donors (Lipinski definition) is 1. The van der Waals surface area contributed by atoms with Crippen molar-refractivity contribution in [2.24, 2.45) is 0 Å². The van der Waals surface area contributed by atoms with Gasteiger partial charge >= 0.3 is 0 Å². The number of fused-ring (bicyclic) bond motifs is 1. The molecule has 1 aromatic carbocycles. The summed E-state index contributed by atoms with van der Waals surface area (Å²) in [7, 11) is 0. The molecule has 3 aromatic rings. The summed E-state index contributed by atoms with van der Waals surface area (Å²) >= 11 is 1.72. The maximum Gasteiger partial charge on any atom is 0.260 e. The van der Waals surface area contributed by atoms with Crippen molar-refractivity contribution in [3.8, 4) is 0 Å². The van der Waals surface area contributed by atoms with Crippen molar-refractivity contribution in [2.45, 2.75) is 20.4 Å². The fourth-order valence-electron chi connectivity index (χ4n) is 2.36. The lowest BCUT2D eigenvalue weighted by Gasteiger charge is -2.10. The van der Waals surface area contributed by atoms with E-state index in [1.807, 2.05) is 30.3 Å². The normalized spacial score (nSPS) is 11.1. The monoisotopic (exact) mass is 284 g/mol. The van der Waals surface area contributed by atoms with Crippen molar-refractivity contribution < 1.29 is 0 Å². The fraction of sp³-hybridized carbons (Fsp3) is 0.188. The predicted molar refractivity (Wildman–Crippen MR) is 85.5 cm³/mol. The lowest BCUT2D eigenvalue weighted by molar-refractivity contribution is 0.791. The van der Waals surface area contributed by atoms with E-state index >= 15 is 0 Å². The van der Waals surface area contributed by atoms with E-state index in [1.54, 1.807) is 15.9 Å². The minimum absolute atomic E-state index is 0.0238. The number of benzene rings is 1. The van der Waals surface area contributed by atoms with Crippen LogP contribution >= 0.6 is 11.3 Å². The van der Waals surface area contributed by atoms with E-state index in [2.05, 4.69) is 19.9 Å². The van der Waals surface area contributed by atoms with Gasteiger partial charge in [0.25, 0.3) is 5.56 Å². The quantitative estimate of drug-likeness (QED) is 0.785. The second-order valence-corrected chi connectivity index (χ2v) is 6.34. The Hall–Kier alpha value is -2.07. The Kier molecular flexibility index (Phi) is 3.10. The van der Waals surface area contributed by atoms with Gasteiger partial charge in [0, 0.05) is 15.1 Å². The molecular weight excluding hydrogens is 268 g/mol. The van der Waals surface area contributed by atoms with Crippen LogP contribution < -0.4 is 11.3 Å². The van der Waals surface area contributed by atoms with Crippen LogP contribution in [0.25, 0.3) is 10.8 Å². The van der Waals surface area contributed by atoms with Gasteiger partial charge < -0.3 is 5.73 Å². The van der Waals surface area contributed by atoms with Gasteiger partial charge in [-0.15, -0.1) is 11.3 Å². The number of aryl methyl sites for hydroxylation is 2. The van der Waals surface area contributed by atoms with E-state index in [0.717, 1.165) is 10.3 Å². The first-order chi connectivity index (χ1) is 9.56. The average molecular weight is 284 g/mol. The second kappa shape index (κ2) is 4.80. The Labute approximate surface area is 121 Å². The van der Waals surface area contributed by atoms with Crippen molar-refractivity contribution in [1.29, 1.82) is 0 Å². The number of anilines is 1. The number of nitrogen functional groups attached to an aromatic ring is 1. The van der Waals surface area contributed by atoms with Gasteiger partial charge in [-0.25, -0.2) is 0 Å². The Morgan fingerprint density at radius 1 is 1.20 bits per heavy atom. The molecule has 0 unspecified atom stereocenters. The van der Waals surface area contributed by atoms with Crippen LogP contribution in [0.5, 0.6) is 0 Å². The highest BCUT2D eigenvalue weighted by atomic mass is 32.1. The average Bonchev–Trinajstić information content (AvgIpc) is 2.73. The maximum atomic E-state index is 12.5. The molecule has 2 N–H and O–H groups in total. The van der Waals surface area contributed by atoms with Crippen molar-refractivity contribution in [3.05, 3.63) is 62.1 Å². The summed E-state index contributed by atoms with van der Waals surface area (Å²) in [6, 6.07) is 11.5. The van der Waals surface area contributed by atoms with Crippen molar-refractivity contribution in [2.75, 3.05) is 5.73 Å². The largest absolute Gasteiger partial charge is 0.385 e. The van der Waals surface area contributed by atoms with Crippen LogP contribution in [0.1, 0.15) is 15.3 Å². The van der Waals surface area contributed by atoms with Gasteiger partial charge in [0.05, 0.1) is 6.54 Å². The lowest BCUT2D eigenvalue weighted by atomic mass is 10.1. The number of nitrogens with zero attached hydrogens (tertiary/aromatic N) is 1. The summed E-state index contributed by atoms with van der Waals surface area (Å²) in [5, 5.41) is 1.61. The Morgan fingerprint density at radius 3 is 2.65 bits per heavy atom. The van der Waals surface area contributed by atoms with Gasteiger partial charge in [0.2, 0.25) is 0 Å². The molecule has 0 aliphatic carbocycles. The summed E-state index contributed by atoms with van der Waals surface area (Å²) in [5.74, 6) is 0.511. The Morgan fingerprint density at radius 2 is 1.95 bits per heavy atom. The first kappa shape index (κ1) is 12.9. The number of nitrogens with two attached hydrogens (primary N) is 1. The second-order valence-electron chi connectivity index (χ2n) is 5.00. The van der Waals surface area contributed by atoms with E-state index in [9.17, 15) is 4.79 Å². The molecule has 2 aromatic heterocycles. The highest BCUT2D eigenvalue weighted by Gasteiger charge is 2.09. The minimum atomic E-state index is -0.0238. The number of aromatic nitrogens is 1.